The minimum absolute atomic E-state index is 0.0947. The quantitative estimate of drug-likeness (QED) is 0.274. The van der Waals surface area contributed by atoms with Crippen molar-refractivity contribution in [2.24, 2.45) is 5.92 Å². The fourth-order valence-corrected chi connectivity index (χ4v) is 5.53. The Morgan fingerprint density at radius 1 is 0.850 bits per heavy atom. The molecule has 1 unspecified atom stereocenters. The van der Waals surface area contributed by atoms with Gasteiger partial charge in [-0.25, -0.2) is 13.1 Å². The number of anilines is 3. The van der Waals surface area contributed by atoms with Crippen molar-refractivity contribution in [3.8, 4) is 0 Å². The van der Waals surface area contributed by atoms with Crippen molar-refractivity contribution in [1.29, 1.82) is 0 Å². The van der Waals surface area contributed by atoms with Crippen LogP contribution in [0.3, 0.4) is 0 Å². The van der Waals surface area contributed by atoms with Crippen LogP contribution in [0.4, 0.5) is 17.1 Å². The van der Waals surface area contributed by atoms with Gasteiger partial charge >= 0.3 is 0 Å². The van der Waals surface area contributed by atoms with Gasteiger partial charge in [-0.1, -0.05) is 44.4 Å². The van der Waals surface area contributed by atoms with Crippen molar-refractivity contribution in [3.05, 3.63) is 84.4 Å². The van der Waals surface area contributed by atoms with Crippen LogP contribution in [0.5, 0.6) is 0 Å². The molecule has 0 radical (unpaired) electrons. The molecule has 1 saturated heterocycles. The third-order valence-corrected chi connectivity index (χ3v) is 8.20. The largest absolute Gasteiger partial charge is 0.326 e. The molecule has 3 aromatic rings. The monoisotopic (exact) mass is 562 g/mol. The van der Waals surface area contributed by atoms with Gasteiger partial charge in [0, 0.05) is 42.1 Å². The number of sulfonamides is 1. The number of unbranched alkanes of at least 4 members (excludes halogenated alkanes) is 3. The molecule has 1 fully saturated rings. The highest BCUT2D eigenvalue weighted by molar-refractivity contribution is 7.89. The fourth-order valence-electron chi connectivity index (χ4n) is 4.45. The zero-order valence-electron chi connectivity index (χ0n) is 22.4. The number of hydrogen-bond acceptors (Lipinski definition) is 5. The molecular weight excluding hydrogens is 528 g/mol. The highest BCUT2D eigenvalue weighted by Crippen LogP contribution is 2.26. The van der Waals surface area contributed by atoms with Crippen molar-refractivity contribution in [2.45, 2.75) is 43.9 Å². The molecule has 10 heteroatoms. The fraction of sp³-hybridized carbons (Fsp3) is 0.300. The number of para-hydroxylation sites is 1. The maximum Gasteiger partial charge on any atom is 0.255 e. The zero-order valence-corrected chi connectivity index (χ0v) is 23.2. The van der Waals surface area contributed by atoms with E-state index in [1.807, 2.05) is 30.3 Å². The Balaban J connectivity index is 1.28. The Morgan fingerprint density at radius 3 is 2.17 bits per heavy atom. The number of carbonyl (C=O) groups excluding carboxylic acids is 3. The van der Waals surface area contributed by atoms with Crippen LogP contribution in [0.2, 0.25) is 0 Å². The summed E-state index contributed by atoms with van der Waals surface area (Å²) >= 11 is 0. The first-order valence-corrected chi connectivity index (χ1v) is 14.9. The summed E-state index contributed by atoms with van der Waals surface area (Å²) in [5, 5.41) is 5.57. The second-order valence-electron chi connectivity index (χ2n) is 9.74. The lowest BCUT2D eigenvalue weighted by Crippen LogP contribution is -2.28. The highest BCUT2D eigenvalue weighted by atomic mass is 32.2. The van der Waals surface area contributed by atoms with Gasteiger partial charge in [-0.05, 0) is 67.1 Å². The zero-order chi connectivity index (χ0) is 28.5. The van der Waals surface area contributed by atoms with Crippen LogP contribution in [0.1, 0.15) is 49.4 Å². The molecule has 40 heavy (non-hydrogen) atoms. The van der Waals surface area contributed by atoms with Gasteiger partial charge in [-0.3, -0.25) is 14.4 Å². The standard InChI is InChI=1S/C30H34N4O5S/c1-2-3-4-8-19-31-40(38,39)27-17-15-25(16-18-27)32-29(36)22-11-13-24(14-12-22)33-30(37)23-20-28(35)34(21-23)26-9-6-5-7-10-26/h5-7,9-18,23,31H,2-4,8,19-21H2,1H3,(H,32,36)(H,33,37). The Bertz CT molecular complexity index is 1430. The Hall–Kier alpha value is -4.02. The van der Waals surface area contributed by atoms with E-state index in [0.29, 0.717) is 30.0 Å². The van der Waals surface area contributed by atoms with Gasteiger partial charge < -0.3 is 15.5 Å². The minimum Gasteiger partial charge on any atom is -0.326 e. The average molecular weight is 563 g/mol. The molecule has 0 aromatic heterocycles. The van der Waals surface area contributed by atoms with Crippen LogP contribution in [-0.2, 0) is 19.6 Å². The maximum atomic E-state index is 12.8. The molecule has 0 bridgehead atoms. The second-order valence-corrected chi connectivity index (χ2v) is 11.5. The molecule has 1 aliphatic heterocycles. The first kappa shape index (κ1) is 29.0. The van der Waals surface area contributed by atoms with Gasteiger partial charge in [0.1, 0.15) is 0 Å². The molecule has 0 spiro atoms. The molecular formula is C30H34N4O5S. The van der Waals surface area contributed by atoms with E-state index in [1.165, 1.54) is 12.1 Å². The van der Waals surface area contributed by atoms with Crippen LogP contribution in [-0.4, -0.2) is 39.2 Å². The van der Waals surface area contributed by atoms with Gasteiger partial charge in [0.15, 0.2) is 0 Å². The Kier molecular flexibility index (Phi) is 9.68. The van der Waals surface area contributed by atoms with Crippen molar-refractivity contribution in [3.63, 3.8) is 0 Å². The van der Waals surface area contributed by atoms with E-state index < -0.39 is 15.9 Å². The molecule has 4 rings (SSSR count). The average Bonchev–Trinajstić information content (AvgIpc) is 3.36. The summed E-state index contributed by atoms with van der Waals surface area (Å²) in [4.78, 5) is 39.7. The number of nitrogens with one attached hydrogen (secondary N) is 3. The van der Waals surface area contributed by atoms with Crippen molar-refractivity contribution in [1.82, 2.24) is 4.72 Å². The number of benzene rings is 3. The molecule has 3 N–H and O–H groups in total. The predicted molar refractivity (Wildman–Crippen MR) is 156 cm³/mol. The summed E-state index contributed by atoms with van der Waals surface area (Å²) in [6.07, 6.45) is 4.06. The number of hydrogen-bond donors (Lipinski definition) is 3. The highest BCUT2D eigenvalue weighted by Gasteiger charge is 2.35. The van der Waals surface area contributed by atoms with Crippen LogP contribution in [0.25, 0.3) is 0 Å². The van der Waals surface area contributed by atoms with E-state index in [4.69, 9.17) is 0 Å². The summed E-state index contributed by atoms with van der Waals surface area (Å²) in [7, 11) is -3.60. The lowest BCUT2D eigenvalue weighted by Gasteiger charge is -2.16. The Morgan fingerprint density at radius 2 is 1.50 bits per heavy atom. The number of rotatable bonds is 12. The maximum absolute atomic E-state index is 12.8. The van der Waals surface area contributed by atoms with Crippen LogP contribution < -0.4 is 20.3 Å². The first-order chi connectivity index (χ1) is 19.3. The van der Waals surface area contributed by atoms with Crippen molar-refractivity contribution >= 4 is 44.8 Å². The topological polar surface area (TPSA) is 125 Å². The van der Waals surface area contributed by atoms with E-state index >= 15 is 0 Å². The molecule has 1 heterocycles. The minimum atomic E-state index is -3.60. The van der Waals surface area contributed by atoms with Gasteiger partial charge in [0.25, 0.3) is 5.91 Å². The number of nitrogens with zero attached hydrogens (tertiary/aromatic N) is 1. The molecule has 3 amide bonds. The van der Waals surface area contributed by atoms with E-state index in [1.54, 1.807) is 41.3 Å². The second kappa shape index (κ2) is 13.4. The smallest absolute Gasteiger partial charge is 0.255 e. The summed E-state index contributed by atoms with van der Waals surface area (Å²) in [6, 6.07) is 21.7. The van der Waals surface area contributed by atoms with Crippen LogP contribution >= 0.6 is 0 Å². The molecule has 3 aromatic carbocycles. The van der Waals surface area contributed by atoms with E-state index in [-0.39, 0.29) is 29.0 Å². The molecule has 1 aliphatic rings. The van der Waals surface area contributed by atoms with Gasteiger partial charge in [0.2, 0.25) is 21.8 Å². The first-order valence-electron chi connectivity index (χ1n) is 13.4. The van der Waals surface area contributed by atoms with Crippen LogP contribution in [0, 0.1) is 5.92 Å². The van der Waals surface area contributed by atoms with Gasteiger partial charge in [-0.2, -0.15) is 0 Å². The Labute approximate surface area is 235 Å². The van der Waals surface area contributed by atoms with E-state index in [0.717, 1.165) is 31.4 Å². The predicted octanol–water partition coefficient (Wildman–Crippen LogP) is 4.79. The molecule has 0 aliphatic carbocycles. The molecule has 210 valence electrons. The van der Waals surface area contributed by atoms with Crippen LogP contribution in [0.15, 0.2) is 83.8 Å². The third kappa shape index (κ3) is 7.55. The summed E-state index contributed by atoms with van der Waals surface area (Å²) in [6.45, 7) is 2.80. The number of carbonyl (C=O) groups is 3. The summed E-state index contributed by atoms with van der Waals surface area (Å²) in [5.74, 6) is -1.20. The molecule has 9 nitrogen and oxygen atoms in total. The van der Waals surface area contributed by atoms with Crippen molar-refractivity contribution < 1.29 is 22.8 Å². The normalized spacial score (nSPS) is 15.2. The van der Waals surface area contributed by atoms with Crippen molar-refractivity contribution in [2.75, 3.05) is 28.6 Å². The SMILES string of the molecule is CCCCCCNS(=O)(=O)c1ccc(NC(=O)c2ccc(NC(=O)C3CC(=O)N(c4ccccc4)C3)cc2)cc1. The third-order valence-electron chi connectivity index (χ3n) is 6.72. The van der Waals surface area contributed by atoms with Gasteiger partial charge in [0.05, 0.1) is 10.8 Å². The lowest BCUT2D eigenvalue weighted by molar-refractivity contribution is -0.122. The molecule has 0 saturated carbocycles. The lowest BCUT2D eigenvalue weighted by atomic mass is 10.1. The van der Waals surface area contributed by atoms with Gasteiger partial charge in [-0.15, -0.1) is 0 Å². The summed E-state index contributed by atoms with van der Waals surface area (Å²) in [5.41, 5.74) is 2.11. The van der Waals surface area contributed by atoms with E-state index in [9.17, 15) is 22.8 Å². The van der Waals surface area contributed by atoms with E-state index in [2.05, 4.69) is 22.3 Å². The summed E-state index contributed by atoms with van der Waals surface area (Å²) < 4.78 is 27.5. The number of amides is 3. The molecule has 1 atom stereocenters.